The van der Waals surface area contributed by atoms with Crippen molar-refractivity contribution >= 4 is 12.0 Å². The van der Waals surface area contributed by atoms with Crippen molar-refractivity contribution in [3.05, 3.63) is 35.4 Å². The van der Waals surface area contributed by atoms with E-state index in [4.69, 9.17) is 5.11 Å². The summed E-state index contributed by atoms with van der Waals surface area (Å²) >= 11 is 0. The second-order valence-electron chi connectivity index (χ2n) is 2.38. The first-order valence-corrected chi connectivity index (χ1v) is 3.50. The lowest BCUT2D eigenvalue weighted by Gasteiger charge is -2.01. The molecule has 0 aliphatic rings. The normalized spacial score (nSPS) is 9.57. The Kier molecular flexibility index (Phi) is 2.76. The van der Waals surface area contributed by atoms with Gasteiger partial charge in [-0.1, -0.05) is 0 Å². The van der Waals surface area contributed by atoms with Gasteiger partial charge in [-0.05, 0) is 12.1 Å². The molecule has 0 heterocycles. The van der Waals surface area contributed by atoms with E-state index >= 15 is 0 Å². The second kappa shape index (κ2) is 3.82. The standard InChI is InChI=1S/C8H5F2NO3/c9-4-1-2-5(6(10)3-4)7(12)11-8(13)14/h1-3H,(H,11,12)(H,13,14). The van der Waals surface area contributed by atoms with Gasteiger partial charge in [-0.2, -0.15) is 0 Å². The van der Waals surface area contributed by atoms with Gasteiger partial charge in [0.1, 0.15) is 11.6 Å². The van der Waals surface area contributed by atoms with Crippen molar-refractivity contribution in [1.29, 1.82) is 0 Å². The minimum absolute atomic E-state index is 0.497. The van der Waals surface area contributed by atoms with Gasteiger partial charge in [0, 0.05) is 6.07 Å². The Morgan fingerprint density at radius 2 is 1.93 bits per heavy atom. The van der Waals surface area contributed by atoms with Crippen LogP contribution in [0.2, 0.25) is 0 Å². The van der Waals surface area contributed by atoms with Crippen LogP contribution in [0.15, 0.2) is 18.2 Å². The number of halogens is 2. The van der Waals surface area contributed by atoms with Crippen LogP contribution in [0, 0.1) is 11.6 Å². The molecule has 14 heavy (non-hydrogen) atoms. The lowest BCUT2D eigenvalue weighted by molar-refractivity contribution is 0.0944. The zero-order chi connectivity index (χ0) is 10.7. The number of carbonyl (C=O) groups excluding carboxylic acids is 1. The monoisotopic (exact) mass is 201 g/mol. The highest BCUT2D eigenvalue weighted by molar-refractivity contribution is 6.02. The van der Waals surface area contributed by atoms with Gasteiger partial charge < -0.3 is 5.11 Å². The first-order valence-electron chi connectivity index (χ1n) is 3.50. The van der Waals surface area contributed by atoms with Crippen LogP contribution in [0.4, 0.5) is 13.6 Å². The van der Waals surface area contributed by atoms with Crippen LogP contribution in [0.5, 0.6) is 0 Å². The highest BCUT2D eigenvalue weighted by Gasteiger charge is 2.14. The maximum Gasteiger partial charge on any atom is 0.411 e. The summed E-state index contributed by atoms with van der Waals surface area (Å²) in [5.74, 6) is -3.08. The summed E-state index contributed by atoms with van der Waals surface area (Å²) in [4.78, 5) is 21.0. The Morgan fingerprint density at radius 1 is 1.29 bits per heavy atom. The van der Waals surface area contributed by atoms with Crippen LogP contribution < -0.4 is 5.32 Å². The summed E-state index contributed by atoms with van der Waals surface area (Å²) in [6.45, 7) is 0. The molecule has 2 amide bonds. The minimum Gasteiger partial charge on any atom is -0.465 e. The van der Waals surface area contributed by atoms with E-state index in [1.165, 1.54) is 5.32 Å². The summed E-state index contributed by atoms with van der Waals surface area (Å²) in [7, 11) is 0. The SMILES string of the molecule is O=C(O)NC(=O)c1ccc(F)cc1F. The molecule has 0 aliphatic carbocycles. The molecule has 0 radical (unpaired) electrons. The molecule has 0 spiro atoms. The van der Waals surface area contributed by atoms with Gasteiger partial charge in [0.25, 0.3) is 5.91 Å². The Balaban J connectivity index is 2.96. The summed E-state index contributed by atoms with van der Waals surface area (Å²) < 4.78 is 25.2. The van der Waals surface area contributed by atoms with Crippen LogP contribution in [-0.4, -0.2) is 17.1 Å². The molecule has 0 unspecified atom stereocenters. The molecule has 0 bridgehead atoms. The first-order chi connectivity index (χ1) is 6.50. The van der Waals surface area contributed by atoms with Gasteiger partial charge in [-0.3, -0.25) is 10.1 Å². The third-order valence-electron chi connectivity index (χ3n) is 1.40. The van der Waals surface area contributed by atoms with Gasteiger partial charge in [-0.15, -0.1) is 0 Å². The fourth-order valence-corrected chi connectivity index (χ4v) is 0.838. The number of carboxylic acid groups (broad SMARTS) is 1. The summed E-state index contributed by atoms with van der Waals surface area (Å²) in [5, 5.41) is 9.60. The molecule has 1 aromatic carbocycles. The van der Waals surface area contributed by atoms with Gasteiger partial charge in [0.2, 0.25) is 0 Å². The zero-order valence-corrected chi connectivity index (χ0v) is 6.75. The maximum atomic E-state index is 12.9. The predicted molar refractivity (Wildman–Crippen MR) is 41.8 cm³/mol. The third kappa shape index (κ3) is 2.25. The van der Waals surface area contributed by atoms with E-state index in [-0.39, 0.29) is 0 Å². The molecule has 0 saturated carbocycles. The lowest BCUT2D eigenvalue weighted by atomic mass is 10.2. The largest absolute Gasteiger partial charge is 0.465 e. The Labute approximate surface area is 77.2 Å². The number of imide groups is 1. The van der Waals surface area contributed by atoms with Crippen LogP contribution >= 0.6 is 0 Å². The quantitative estimate of drug-likeness (QED) is 0.721. The molecule has 1 aromatic rings. The highest BCUT2D eigenvalue weighted by atomic mass is 19.1. The average molecular weight is 201 g/mol. The molecule has 2 N–H and O–H groups in total. The van der Waals surface area contributed by atoms with Gasteiger partial charge in [0.05, 0.1) is 5.56 Å². The van der Waals surface area contributed by atoms with Crippen molar-refractivity contribution in [3.63, 3.8) is 0 Å². The van der Waals surface area contributed by atoms with E-state index in [1.807, 2.05) is 0 Å². The molecule has 6 heteroatoms. The number of amides is 2. The molecule has 0 saturated heterocycles. The Bertz CT molecular complexity index is 392. The van der Waals surface area contributed by atoms with Crippen LogP contribution in [0.25, 0.3) is 0 Å². The maximum absolute atomic E-state index is 12.9. The molecule has 4 nitrogen and oxygen atoms in total. The highest BCUT2D eigenvalue weighted by Crippen LogP contribution is 2.08. The van der Waals surface area contributed by atoms with Gasteiger partial charge in [-0.25, -0.2) is 13.6 Å². The Morgan fingerprint density at radius 3 is 2.43 bits per heavy atom. The third-order valence-corrected chi connectivity index (χ3v) is 1.40. The van der Waals surface area contributed by atoms with E-state index in [2.05, 4.69) is 0 Å². The predicted octanol–water partition coefficient (Wildman–Crippen LogP) is 1.37. The fourth-order valence-electron chi connectivity index (χ4n) is 0.838. The fraction of sp³-hybridized carbons (Fsp3) is 0. The van der Waals surface area contributed by atoms with Gasteiger partial charge >= 0.3 is 6.09 Å². The molecule has 0 atom stereocenters. The second-order valence-corrected chi connectivity index (χ2v) is 2.38. The molecule has 0 fully saturated rings. The number of nitrogens with one attached hydrogen (secondary N) is 1. The molecular formula is C8H5F2NO3. The van der Waals surface area contributed by atoms with Crippen molar-refractivity contribution in [3.8, 4) is 0 Å². The average Bonchev–Trinajstić information content (AvgIpc) is 2.01. The summed E-state index contributed by atoms with van der Waals surface area (Å²) in [6.07, 6.45) is -1.60. The number of hydrogen-bond acceptors (Lipinski definition) is 2. The number of benzene rings is 1. The van der Waals surface area contributed by atoms with Crippen LogP contribution in [0.3, 0.4) is 0 Å². The van der Waals surface area contributed by atoms with E-state index in [0.29, 0.717) is 6.07 Å². The zero-order valence-electron chi connectivity index (χ0n) is 6.75. The minimum atomic E-state index is -1.60. The van der Waals surface area contributed by atoms with E-state index in [0.717, 1.165) is 12.1 Å². The Hall–Kier alpha value is -1.98. The van der Waals surface area contributed by atoms with Crippen molar-refractivity contribution in [2.75, 3.05) is 0 Å². The van der Waals surface area contributed by atoms with E-state index < -0.39 is 29.2 Å². The first kappa shape index (κ1) is 10.1. The van der Waals surface area contributed by atoms with E-state index in [1.54, 1.807) is 0 Å². The molecule has 0 aliphatic heterocycles. The number of carbonyl (C=O) groups is 2. The van der Waals surface area contributed by atoms with Gasteiger partial charge in [0.15, 0.2) is 0 Å². The number of hydrogen-bond donors (Lipinski definition) is 2. The van der Waals surface area contributed by atoms with Crippen molar-refractivity contribution in [2.24, 2.45) is 0 Å². The van der Waals surface area contributed by atoms with E-state index in [9.17, 15) is 18.4 Å². The smallest absolute Gasteiger partial charge is 0.411 e. The van der Waals surface area contributed by atoms with Crippen molar-refractivity contribution < 1.29 is 23.5 Å². The molecule has 1 rings (SSSR count). The van der Waals surface area contributed by atoms with Crippen LogP contribution in [0.1, 0.15) is 10.4 Å². The van der Waals surface area contributed by atoms with Crippen LogP contribution in [-0.2, 0) is 0 Å². The summed E-state index contributed by atoms with van der Waals surface area (Å²) in [6, 6.07) is 2.22. The summed E-state index contributed by atoms with van der Waals surface area (Å²) in [5.41, 5.74) is -0.520. The molecule has 74 valence electrons. The molecular weight excluding hydrogens is 196 g/mol. The number of rotatable bonds is 1. The van der Waals surface area contributed by atoms with Crippen molar-refractivity contribution in [1.82, 2.24) is 5.32 Å². The topological polar surface area (TPSA) is 66.4 Å². The van der Waals surface area contributed by atoms with Crippen molar-refractivity contribution in [2.45, 2.75) is 0 Å². The molecule has 0 aromatic heterocycles. The lowest BCUT2D eigenvalue weighted by Crippen LogP contribution is -2.29.